The summed E-state index contributed by atoms with van der Waals surface area (Å²) in [4.78, 5) is 36.5. The van der Waals surface area contributed by atoms with Gasteiger partial charge in [0, 0.05) is 60.7 Å². The molecular weight excluding hydrogens is 550 g/mol. The number of hydrogen-bond donors (Lipinski definition) is 3. The molecule has 0 aliphatic carbocycles. The van der Waals surface area contributed by atoms with E-state index in [1.807, 2.05) is 78.3 Å². The third kappa shape index (κ3) is 6.48. The predicted molar refractivity (Wildman–Crippen MR) is 174 cm³/mol. The van der Waals surface area contributed by atoms with Crippen molar-refractivity contribution in [3.63, 3.8) is 0 Å². The van der Waals surface area contributed by atoms with Gasteiger partial charge in [-0.05, 0) is 59.4 Å². The molecule has 9 heteroatoms. The lowest BCUT2D eigenvalue weighted by molar-refractivity contribution is -0.124. The number of imidazole rings is 1. The van der Waals surface area contributed by atoms with Crippen LogP contribution in [0.1, 0.15) is 47.8 Å². The normalized spacial score (nSPS) is 14.0. The van der Waals surface area contributed by atoms with Gasteiger partial charge >= 0.3 is 0 Å². The molecule has 0 saturated carbocycles. The number of piperazine rings is 1. The number of nitrogens with one attached hydrogen (secondary N) is 3. The Morgan fingerprint density at radius 1 is 1.02 bits per heavy atom. The number of anilines is 3. The molecule has 0 atom stereocenters. The number of fused-ring (bicyclic) bond motifs is 1. The second kappa shape index (κ2) is 11.9. The van der Waals surface area contributed by atoms with Crippen molar-refractivity contribution >= 4 is 34.7 Å². The molecule has 9 nitrogen and oxygen atoms in total. The number of amides is 2. The number of benzene rings is 3. The third-order valence-corrected chi connectivity index (χ3v) is 7.91. The Hall–Kier alpha value is -5.02. The highest BCUT2D eigenvalue weighted by molar-refractivity contribution is 6.05. The van der Waals surface area contributed by atoms with Gasteiger partial charge in [0.15, 0.2) is 11.5 Å². The molecule has 0 spiro atoms. The van der Waals surface area contributed by atoms with Gasteiger partial charge in [0.05, 0.1) is 12.2 Å². The maximum atomic E-state index is 13.2. The molecule has 2 amide bonds. The summed E-state index contributed by atoms with van der Waals surface area (Å²) in [6.45, 7) is 11.1. The van der Waals surface area contributed by atoms with Gasteiger partial charge in [-0.2, -0.15) is 0 Å². The van der Waals surface area contributed by atoms with Crippen LogP contribution >= 0.6 is 0 Å². The fourth-order valence-corrected chi connectivity index (χ4v) is 5.30. The minimum atomic E-state index is -0.155. The minimum Gasteiger partial charge on any atom is -0.354 e. The number of carbonyl (C=O) groups is 2. The van der Waals surface area contributed by atoms with Crippen LogP contribution in [0.3, 0.4) is 0 Å². The van der Waals surface area contributed by atoms with Crippen LogP contribution in [0.25, 0.3) is 16.9 Å². The first-order valence-corrected chi connectivity index (χ1v) is 14.8. The van der Waals surface area contributed by atoms with Crippen molar-refractivity contribution < 1.29 is 9.59 Å². The number of hydrogen-bond acceptors (Lipinski definition) is 6. The molecule has 224 valence electrons. The summed E-state index contributed by atoms with van der Waals surface area (Å²) in [5, 5.41) is 9.39. The molecule has 2 aromatic heterocycles. The molecule has 5 aromatic rings. The van der Waals surface area contributed by atoms with Gasteiger partial charge in [-0.15, -0.1) is 0 Å². The molecule has 1 fully saturated rings. The smallest absolute Gasteiger partial charge is 0.255 e. The standard InChI is InChI=1S/C35H37N7O2/c1-23-5-8-26(19-29(23)40-34(44)25-9-11-27(12-10-25)35(2,3)4)30-21-42-18-16-37-33(42)32(39-30)38-28-13-6-24(7-14-28)20-41-17-15-36-31(43)22-41/h5-14,16,18-19,21H,15,17,20,22H2,1-4H3,(H,36,43)(H,38,39)(H,40,44). The lowest BCUT2D eigenvalue weighted by Gasteiger charge is -2.26. The van der Waals surface area contributed by atoms with Crippen LogP contribution in [-0.2, 0) is 16.8 Å². The average Bonchev–Trinajstić information content (AvgIpc) is 3.48. The van der Waals surface area contributed by atoms with E-state index >= 15 is 0 Å². The zero-order valence-corrected chi connectivity index (χ0v) is 25.5. The van der Waals surface area contributed by atoms with Crippen LogP contribution in [0.2, 0.25) is 0 Å². The molecule has 3 heterocycles. The van der Waals surface area contributed by atoms with Crippen LogP contribution in [-0.4, -0.2) is 50.7 Å². The van der Waals surface area contributed by atoms with E-state index in [1.165, 1.54) is 5.56 Å². The number of carbonyl (C=O) groups excluding carboxylic acids is 2. The Labute approximate surface area is 257 Å². The molecule has 0 unspecified atom stereocenters. The van der Waals surface area contributed by atoms with Gasteiger partial charge in [0.2, 0.25) is 5.91 Å². The summed E-state index contributed by atoms with van der Waals surface area (Å²) in [7, 11) is 0. The zero-order valence-electron chi connectivity index (χ0n) is 25.5. The molecule has 0 radical (unpaired) electrons. The van der Waals surface area contributed by atoms with E-state index < -0.39 is 0 Å². The van der Waals surface area contributed by atoms with E-state index in [9.17, 15) is 9.59 Å². The van der Waals surface area contributed by atoms with Crippen LogP contribution in [0.5, 0.6) is 0 Å². The van der Waals surface area contributed by atoms with E-state index in [1.54, 1.807) is 6.20 Å². The number of aryl methyl sites for hydroxylation is 1. The zero-order chi connectivity index (χ0) is 30.8. The Morgan fingerprint density at radius 2 is 1.80 bits per heavy atom. The summed E-state index contributed by atoms with van der Waals surface area (Å²) in [5.41, 5.74) is 7.84. The molecule has 6 rings (SSSR count). The van der Waals surface area contributed by atoms with Crippen molar-refractivity contribution in [2.45, 2.75) is 39.7 Å². The van der Waals surface area contributed by atoms with Gasteiger partial charge < -0.3 is 20.4 Å². The topological polar surface area (TPSA) is 104 Å². The van der Waals surface area contributed by atoms with Crippen LogP contribution in [0.15, 0.2) is 85.3 Å². The molecule has 1 aliphatic heterocycles. The maximum Gasteiger partial charge on any atom is 0.255 e. The van der Waals surface area contributed by atoms with Crippen molar-refractivity contribution in [2.75, 3.05) is 30.3 Å². The van der Waals surface area contributed by atoms with Gasteiger partial charge in [-0.25, -0.2) is 9.97 Å². The van der Waals surface area contributed by atoms with E-state index in [2.05, 4.69) is 58.7 Å². The van der Waals surface area contributed by atoms with Gasteiger partial charge in [0.1, 0.15) is 0 Å². The maximum absolute atomic E-state index is 13.2. The SMILES string of the molecule is Cc1ccc(-c2cn3ccnc3c(Nc3ccc(CN4CCNC(=O)C4)cc3)n2)cc1NC(=O)c1ccc(C(C)(C)C)cc1. The Morgan fingerprint density at radius 3 is 2.52 bits per heavy atom. The fraction of sp³-hybridized carbons (Fsp3) is 0.257. The van der Waals surface area contributed by atoms with Crippen molar-refractivity contribution in [3.8, 4) is 11.3 Å². The molecular formula is C35H37N7O2. The van der Waals surface area contributed by atoms with Gasteiger partial charge in [-0.1, -0.05) is 57.2 Å². The van der Waals surface area contributed by atoms with E-state index in [-0.39, 0.29) is 17.2 Å². The average molecular weight is 588 g/mol. The van der Waals surface area contributed by atoms with E-state index in [0.29, 0.717) is 30.1 Å². The Bertz CT molecular complexity index is 1820. The first-order valence-electron chi connectivity index (χ1n) is 14.8. The summed E-state index contributed by atoms with van der Waals surface area (Å²) in [6, 6.07) is 21.9. The van der Waals surface area contributed by atoms with Crippen molar-refractivity contribution in [1.29, 1.82) is 0 Å². The summed E-state index contributed by atoms with van der Waals surface area (Å²) >= 11 is 0. The van der Waals surface area contributed by atoms with Crippen LogP contribution in [0, 0.1) is 6.92 Å². The number of nitrogens with zero attached hydrogens (tertiary/aromatic N) is 4. The molecule has 3 N–H and O–H groups in total. The predicted octanol–water partition coefficient (Wildman–Crippen LogP) is 5.93. The largest absolute Gasteiger partial charge is 0.354 e. The van der Waals surface area contributed by atoms with Crippen molar-refractivity contribution in [2.24, 2.45) is 0 Å². The first kappa shape index (κ1) is 29.1. The summed E-state index contributed by atoms with van der Waals surface area (Å²) < 4.78 is 1.94. The lowest BCUT2D eigenvalue weighted by Crippen LogP contribution is -2.47. The molecule has 44 heavy (non-hydrogen) atoms. The second-order valence-corrected chi connectivity index (χ2v) is 12.3. The Kier molecular flexibility index (Phi) is 7.88. The summed E-state index contributed by atoms with van der Waals surface area (Å²) in [5.74, 6) is 0.536. The van der Waals surface area contributed by atoms with E-state index in [0.717, 1.165) is 46.8 Å². The van der Waals surface area contributed by atoms with Crippen LogP contribution < -0.4 is 16.0 Å². The van der Waals surface area contributed by atoms with E-state index in [4.69, 9.17) is 4.98 Å². The molecule has 1 aliphatic rings. The highest BCUT2D eigenvalue weighted by atomic mass is 16.2. The fourth-order valence-electron chi connectivity index (χ4n) is 5.30. The first-order chi connectivity index (χ1) is 21.1. The number of aromatic nitrogens is 3. The summed E-state index contributed by atoms with van der Waals surface area (Å²) in [6.07, 6.45) is 5.57. The molecule has 1 saturated heterocycles. The second-order valence-electron chi connectivity index (χ2n) is 12.3. The number of rotatable bonds is 7. The van der Waals surface area contributed by atoms with Crippen LogP contribution in [0.4, 0.5) is 17.2 Å². The molecule has 0 bridgehead atoms. The highest BCUT2D eigenvalue weighted by Gasteiger charge is 2.17. The van der Waals surface area contributed by atoms with Crippen molar-refractivity contribution in [1.82, 2.24) is 24.6 Å². The lowest BCUT2D eigenvalue weighted by atomic mass is 9.86. The third-order valence-electron chi connectivity index (χ3n) is 7.91. The minimum absolute atomic E-state index is 0.0219. The van der Waals surface area contributed by atoms with Crippen molar-refractivity contribution in [3.05, 3.63) is 108 Å². The quantitative estimate of drug-likeness (QED) is 0.218. The highest BCUT2D eigenvalue weighted by Crippen LogP contribution is 2.29. The van der Waals surface area contributed by atoms with Gasteiger partial charge in [0.25, 0.3) is 5.91 Å². The Balaban J connectivity index is 1.22. The molecule has 3 aromatic carbocycles. The van der Waals surface area contributed by atoms with Gasteiger partial charge in [-0.3, -0.25) is 14.5 Å². The monoisotopic (exact) mass is 587 g/mol.